The number of methoxy groups -OCH3 is 1. The summed E-state index contributed by atoms with van der Waals surface area (Å²) < 4.78 is 9.75. The van der Waals surface area contributed by atoms with E-state index in [0.29, 0.717) is 29.8 Å². The predicted octanol–water partition coefficient (Wildman–Crippen LogP) is -0.234. The molecule has 0 saturated heterocycles. The summed E-state index contributed by atoms with van der Waals surface area (Å²) in [5.41, 5.74) is 2.41. The van der Waals surface area contributed by atoms with Gasteiger partial charge in [0.1, 0.15) is 6.33 Å². The number of nitrogen functional groups attached to an aromatic ring is 1. The summed E-state index contributed by atoms with van der Waals surface area (Å²) >= 11 is 0. The number of nitrogens with one attached hydrogen (secondary N) is 2. The maximum absolute atomic E-state index is 5.30. The van der Waals surface area contributed by atoms with Crippen LogP contribution in [0, 0.1) is 0 Å². The molecule has 0 saturated carbocycles. The highest BCUT2D eigenvalue weighted by Crippen LogP contribution is 2.28. The molecule has 0 aliphatic heterocycles. The monoisotopic (exact) mass is 237 g/mol. The first-order valence-electron chi connectivity index (χ1n) is 4.70. The Morgan fingerprint density at radius 3 is 2.82 bits per heavy atom. The van der Waals surface area contributed by atoms with Crippen molar-refractivity contribution in [2.45, 2.75) is 6.54 Å². The summed E-state index contributed by atoms with van der Waals surface area (Å²) in [5.74, 6) is 7.09. The van der Waals surface area contributed by atoms with Gasteiger partial charge in [0.15, 0.2) is 17.5 Å². The molecule has 90 valence electrons. The van der Waals surface area contributed by atoms with Gasteiger partial charge in [0.25, 0.3) is 0 Å². The standard InChI is InChI=1S/C8H11N7O2/c1-16-6-7(11-3-12-8(6)14-9)10-2-5-13-4-17-15-5/h3-4H,2,9H2,1H3,(H2,10,11,12,14). The van der Waals surface area contributed by atoms with Crippen LogP contribution in [0.15, 0.2) is 17.2 Å². The lowest BCUT2D eigenvalue weighted by Gasteiger charge is -2.11. The van der Waals surface area contributed by atoms with Crippen LogP contribution in [0.3, 0.4) is 0 Å². The molecule has 0 spiro atoms. The van der Waals surface area contributed by atoms with E-state index in [-0.39, 0.29) is 0 Å². The summed E-state index contributed by atoms with van der Waals surface area (Å²) in [7, 11) is 1.50. The molecule has 4 N–H and O–H groups in total. The highest BCUT2D eigenvalue weighted by Gasteiger charge is 2.11. The number of hydrogen-bond acceptors (Lipinski definition) is 9. The van der Waals surface area contributed by atoms with Crippen molar-refractivity contribution in [3.63, 3.8) is 0 Å². The van der Waals surface area contributed by atoms with Crippen LogP contribution < -0.4 is 21.3 Å². The van der Waals surface area contributed by atoms with Gasteiger partial charge in [-0.25, -0.2) is 15.8 Å². The number of hydrogen-bond donors (Lipinski definition) is 3. The van der Waals surface area contributed by atoms with Crippen molar-refractivity contribution >= 4 is 11.6 Å². The Bertz CT molecular complexity index is 473. The van der Waals surface area contributed by atoms with Crippen LogP contribution in [0.1, 0.15) is 5.82 Å². The van der Waals surface area contributed by atoms with Crippen molar-refractivity contribution in [3.8, 4) is 5.75 Å². The van der Waals surface area contributed by atoms with Gasteiger partial charge in [-0.2, -0.15) is 4.98 Å². The second-order valence-corrected chi connectivity index (χ2v) is 2.95. The Morgan fingerprint density at radius 2 is 2.18 bits per heavy atom. The molecular weight excluding hydrogens is 226 g/mol. The fourth-order valence-electron chi connectivity index (χ4n) is 1.23. The molecule has 0 bridgehead atoms. The molecule has 0 aromatic carbocycles. The number of nitrogens with zero attached hydrogens (tertiary/aromatic N) is 4. The van der Waals surface area contributed by atoms with Gasteiger partial charge in [-0.3, -0.25) is 0 Å². The van der Waals surface area contributed by atoms with E-state index < -0.39 is 0 Å². The molecule has 0 fully saturated rings. The number of rotatable bonds is 5. The van der Waals surface area contributed by atoms with E-state index in [0.717, 1.165) is 0 Å². The molecule has 2 aromatic rings. The van der Waals surface area contributed by atoms with Crippen LogP contribution in [-0.4, -0.2) is 27.2 Å². The third-order valence-corrected chi connectivity index (χ3v) is 1.97. The van der Waals surface area contributed by atoms with E-state index >= 15 is 0 Å². The predicted molar refractivity (Wildman–Crippen MR) is 58.0 cm³/mol. The molecule has 0 atom stereocenters. The van der Waals surface area contributed by atoms with Crippen molar-refractivity contribution in [1.29, 1.82) is 0 Å². The Kier molecular flexibility index (Phi) is 3.31. The molecule has 0 unspecified atom stereocenters. The molecule has 0 aliphatic rings. The summed E-state index contributed by atoms with van der Waals surface area (Å²) in [4.78, 5) is 11.8. The number of ether oxygens (including phenoxy) is 1. The maximum atomic E-state index is 5.30. The van der Waals surface area contributed by atoms with Crippen LogP contribution >= 0.6 is 0 Å². The first-order chi connectivity index (χ1) is 8.35. The molecule has 0 aliphatic carbocycles. The van der Waals surface area contributed by atoms with Gasteiger partial charge < -0.3 is 20.0 Å². The van der Waals surface area contributed by atoms with Crippen molar-refractivity contribution in [3.05, 3.63) is 18.5 Å². The number of aromatic nitrogens is 4. The van der Waals surface area contributed by atoms with Crippen LogP contribution in [0.25, 0.3) is 0 Å². The fourth-order valence-corrected chi connectivity index (χ4v) is 1.23. The molecule has 17 heavy (non-hydrogen) atoms. The Morgan fingerprint density at radius 1 is 1.35 bits per heavy atom. The smallest absolute Gasteiger partial charge is 0.213 e. The summed E-state index contributed by atoms with van der Waals surface area (Å²) in [6.45, 7) is 0.355. The van der Waals surface area contributed by atoms with Gasteiger partial charge in [0, 0.05) is 0 Å². The average molecular weight is 237 g/mol. The van der Waals surface area contributed by atoms with Gasteiger partial charge in [0.2, 0.25) is 12.1 Å². The molecular formula is C8H11N7O2. The first kappa shape index (κ1) is 11.1. The fraction of sp³-hybridized carbons (Fsp3) is 0.250. The zero-order valence-electron chi connectivity index (χ0n) is 9.04. The largest absolute Gasteiger partial charge is 0.490 e. The molecule has 9 nitrogen and oxygen atoms in total. The highest BCUT2D eigenvalue weighted by atomic mass is 16.5. The minimum Gasteiger partial charge on any atom is -0.490 e. The normalized spacial score (nSPS) is 10.0. The second kappa shape index (κ2) is 5.07. The van der Waals surface area contributed by atoms with E-state index in [4.69, 9.17) is 10.6 Å². The highest BCUT2D eigenvalue weighted by molar-refractivity contribution is 5.62. The minimum atomic E-state index is 0.355. The quantitative estimate of drug-likeness (QED) is 0.477. The number of anilines is 2. The van der Waals surface area contributed by atoms with Crippen molar-refractivity contribution in [2.24, 2.45) is 5.84 Å². The zero-order valence-corrected chi connectivity index (χ0v) is 9.04. The van der Waals surface area contributed by atoms with Crippen LogP contribution in [0.4, 0.5) is 11.6 Å². The van der Waals surface area contributed by atoms with Gasteiger partial charge in [-0.1, -0.05) is 5.16 Å². The third kappa shape index (κ3) is 2.39. The molecule has 2 aromatic heterocycles. The molecule has 0 amide bonds. The lowest BCUT2D eigenvalue weighted by atomic mass is 10.4. The summed E-state index contributed by atoms with van der Waals surface area (Å²) in [6.07, 6.45) is 2.61. The summed E-state index contributed by atoms with van der Waals surface area (Å²) in [5, 5.41) is 6.64. The molecule has 2 rings (SSSR count). The SMILES string of the molecule is COc1c(NN)ncnc1NCc1ncon1. The first-order valence-corrected chi connectivity index (χ1v) is 4.70. The molecule has 9 heteroatoms. The van der Waals surface area contributed by atoms with E-state index in [1.807, 2.05) is 0 Å². The zero-order chi connectivity index (χ0) is 12.1. The second-order valence-electron chi connectivity index (χ2n) is 2.95. The van der Waals surface area contributed by atoms with Crippen LogP contribution in [0.5, 0.6) is 5.75 Å². The van der Waals surface area contributed by atoms with E-state index in [1.54, 1.807) is 0 Å². The topological polar surface area (TPSA) is 124 Å². The van der Waals surface area contributed by atoms with Gasteiger partial charge in [0.05, 0.1) is 13.7 Å². The lowest BCUT2D eigenvalue weighted by molar-refractivity contribution is 0.409. The van der Waals surface area contributed by atoms with Crippen molar-refractivity contribution in [2.75, 3.05) is 17.9 Å². The number of nitrogens with two attached hydrogens (primary N) is 1. The Balaban J connectivity index is 2.14. The van der Waals surface area contributed by atoms with Crippen molar-refractivity contribution in [1.82, 2.24) is 20.1 Å². The lowest BCUT2D eigenvalue weighted by Crippen LogP contribution is -2.12. The minimum absolute atomic E-state index is 0.355. The maximum Gasteiger partial charge on any atom is 0.213 e. The van der Waals surface area contributed by atoms with E-state index in [2.05, 4.69) is 35.4 Å². The van der Waals surface area contributed by atoms with Gasteiger partial charge >= 0.3 is 0 Å². The van der Waals surface area contributed by atoms with Gasteiger partial charge in [-0.15, -0.1) is 0 Å². The molecule has 0 radical (unpaired) electrons. The third-order valence-electron chi connectivity index (χ3n) is 1.97. The molecule has 2 heterocycles. The average Bonchev–Trinajstić information content (AvgIpc) is 2.88. The van der Waals surface area contributed by atoms with Gasteiger partial charge in [-0.05, 0) is 0 Å². The Hall–Kier alpha value is -2.42. The van der Waals surface area contributed by atoms with E-state index in [9.17, 15) is 0 Å². The van der Waals surface area contributed by atoms with Crippen LogP contribution in [-0.2, 0) is 6.54 Å². The summed E-state index contributed by atoms with van der Waals surface area (Å²) in [6, 6.07) is 0. The Labute approximate surface area is 96.4 Å². The van der Waals surface area contributed by atoms with Crippen molar-refractivity contribution < 1.29 is 9.26 Å². The van der Waals surface area contributed by atoms with E-state index in [1.165, 1.54) is 19.8 Å². The number of hydrazine groups is 1. The van der Waals surface area contributed by atoms with Crippen LogP contribution in [0.2, 0.25) is 0 Å².